The lowest BCUT2D eigenvalue weighted by Gasteiger charge is -2.11. The molecule has 0 N–H and O–H groups in total. The fraction of sp³-hybridized carbons (Fsp3) is 0.385. The zero-order chi connectivity index (χ0) is 11.3. The van der Waals surface area contributed by atoms with Crippen molar-refractivity contribution in [1.82, 2.24) is 0 Å². The zero-order valence-corrected chi connectivity index (χ0v) is 9.83. The first kappa shape index (κ1) is 11.6. The summed E-state index contributed by atoms with van der Waals surface area (Å²) in [4.78, 5) is 0. The molecule has 0 unspecified atom stereocenters. The van der Waals surface area contributed by atoms with E-state index in [2.05, 4.69) is 13.8 Å². The molecule has 0 amide bonds. The van der Waals surface area contributed by atoms with Gasteiger partial charge in [0, 0.05) is 5.56 Å². The third kappa shape index (κ3) is 3.01. The molecule has 15 heavy (non-hydrogen) atoms. The summed E-state index contributed by atoms with van der Waals surface area (Å²) in [7, 11) is 1.67. The van der Waals surface area contributed by atoms with Gasteiger partial charge in [0.25, 0.3) is 0 Å². The van der Waals surface area contributed by atoms with Gasteiger partial charge in [0.15, 0.2) is 0 Å². The smallest absolute Gasteiger partial charge is 0.125 e. The highest BCUT2D eigenvalue weighted by molar-refractivity contribution is 5.62. The Morgan fingerprint density at radius 1 is 1.13 bits per heavy atom. The summed E-state index contributed by atoms with van der Waals surface area (Å²) in [6, 6.07) is 7.90. The molecule has 2 heteroatoms. The van der Waals surface area contributed by atoms with Crippen molar-refractivity contribution in [3.8, 4) is 5.75 Å². The van der Waals surface area contributed by atoms with Crippen LogP contribution in [0, 0.1) is 0 Å². The first-order chi connectivity index (χ1) is 7.19. The first-order valence-electron chi connectivity index (χ1n) is 5.13. The molecule has 1 aromatic carbocycles. The number of rotatable bonds is 4. The van der Waals surface area contributed by atoms with Crippen molar-refractivity contribution in [1.29, 1.82) is 0 Å². The van der Waals surface area contributed by atoms with Crippen LogP contribution >= 0.6 is 0 Å². The predicted molar refractivity (Wildman–Crippen MR) is 62.9 cm³/mol. The molecule has 0 aliphatic rings. The maximum Gasteiger partial charge on any atom is 0.125 e. The second-order valence-electron chi connectivity index (χ2n) is 3.49. The second kappa shape index (κ2) is 5.44. The summed E-state index contributed by atoms with van der Waals surface area (Å²) in [5.74, 6) is 1.82. The molecule has 82 valence electrons. The minimum Gasteiger partial charge on any atom is -0.497 e. The standard InChI is InChI=1S/C13H18O2/c1-5-15-13(10(2)3)11-6-8-12(14-4)9-7-11/h6-9H,5H2,1-4H3. The van der Waals surface area contributed by atoms with E-state index >= 15 is 0 Å². The van der Waals surface area contributed by atoms with Gasteiger partial charge >= 0.3 is 0 Å². The summed E-state index contributed by atoms with van der Waals surface area (Å²) in [5, 5.41) is 0. The highest BCUT2D eigenvalue weighted by Gasteiger charge is 2.04. The molecule has 0 aliphatic heterocycles. The number of methoxy groups -OCH3 is 1. The fourth-order valence-electron chi connectivity index (χ4n) is 1.40. The first-order valence-corrected chi connectivity index (χ1v) is 5.13. The Balaban J connectivity index is 2.98. The van der Waals surface area contributed by atoms with Crippen LogP contribution < -0.4 is 4.74 Å². The van der Waals surface area contributed by atoms with Crippen LogP contribution in [0.1, 0.15) is 26.3 Å². The van der Waals surface area contributed by atoms with Crippen LogP contribution in [0.5, 0.6) is 5.75 Å². The minimum absolute atomic E-state index is 0.687. The largest absolute Gasteiger partial charge is 0.497 e. The molecule has 0 heterocycles. The van der Waals surface area contributed by atoms with E-state index in [9.17, 15) is 0 Å². The molecule has 0 spiro atoms. The quantitative estimate of drug-likeness (QED) is 0.702. The molecule has 0 radical (unpaired) electrons. The Morgan fingerprint density at radius 3 is 2.13 bits per heavy atom. The normalized spacial score (nSPS) is 9.60. The molecule has 0 aliphatic carbocycles. The van der Waals surface area contributed by atoms with Gasteiger partial charge in [-0.05, 0) is 50.6 Å². The third-order valence-electron chi connectivity index (χ3n) is 2.10. The van der Waals surface area contributed by atoms with Crippen LogP contribution in [-0.2, 0) is 4.74 Å². The lowest BCUT2D eigenvalue weighted by atomic mass is 10.1. The molecule has 0 fully saturated rings. The van der Waals surface area contributed by atoms with Gasteiger partial charge in [-0.25, -0.2) is 0 Å². The van der Waals surface area contributed by atoms with Crippen molar-refractivity contribution in [3.63, 3.8) is 0 Å². The number of hydrogen-bond donors (Lipinski definition) is 0. The van der Waals surface area contributed by atoms with Crippen LogP contribution in [0.4, 0.5) is 0 Å². The van der Waals surface area contributed by atoms with E-state index in [-0.39, 0.29) is 0 Å². The van der Waals surface area contributed by atoms with Crippen molar-refractivity contribution in [2.24, 2.45) is 0 Å². The number of hydrogen-bond acceptors (Lipinski definition) is 2. The van der Waals surface area contributed by atoms with Crippen LogP contribution in [0.25, 0.3) is 5.76 Å². The van der Waals surface area contributed by atoms with Crippen molar-refractivity contribution < 1.29 is 9.47 Å². The van der Waals surface area contributed by atoms with E-state index in [4.69, 9.17) is 9.47 Å². The van der Waals surface area contributed by atoms with Crippen LogP contribution in [0.2, 0.25) is 0 Å². The summed E-state index contributed by atoms with van der Waals surface area (Å²) in [6.45, 7) is 6.78. The van der Waals surface area contributed by atoms with E-state index in [1.807, 2.05) is 31.2 Å². The van der Waals surface area contributed by atoms with Gasteiger partial charge in [0.1, 0.15) is 11.5 Å². The number of benzene rings is 1. The Kier molecular flexibility index (Phi) is 4.22. The van der Waals surface area contributed by atoms with Crippen molar-refractivity contribution in [2.45, 2.75) is 20.8 Å². The monoisotopic (exact) mass is 206 g/mol. The zero-order valence-electron chi connectivity index (χ0n) is 9.83. The number of allylic oxidation sites excluding steroid dienone is 1. The SMILES string of the molecule is CCOC(=C(C)C)c1ccc(OC)cc1. The summed E-state index contributed by atoms with van der Waals surface area (Å²) in [5.41, 5.74) is 2.28. The van der Waals surface area contributed by atoms with Gasteiger partial charge in [-0.1, -0.05) is 0 Å². The van der Waals surface area contributed by atoms with Crippen LogP contribution in [0.3, 0.4) is 0 Å². The third-order valence-corrected chi connectivity index (χ3v) is 2.10. The van der Waals surface area contributed by atoms with Crippen molar-refractivity contribution in [3.05, 3.63) is 35.4 Å². The average molecular weight is 206 g/mol. The lowest BCUT2D eigenvalue weighted by molar-refractivity contribution is 0.295. The molecule has 0 aromatic heterocycles. The molecule has 1 aromatic rings. The van der Waals surface area contributed by atoms with Crippen molar-refractivity contribution in [2.75, 3.05) is 13.7 Å². The Hall–Kier alpha value is -1.44. The van der Waals surface area contributed by atoms with Gasteiger partial charge in [-0.15, -0.1) is 0 Å². The van der Waals surface area contributed by atoms with E-state index in [0.717, 1.165) is 17.1 Å². The molecule has 0 bridgehead atoms. The van der Waals surface area contributed by atoms with Gasteiger partial charge in [0.2, 0.25) is 0 Å². The summed E-state index contributed by atoms with van der Waals surface area (Å²) in [6.07, 6.45) is 0. The molecule has 0 saturated carbocycles. The van der Waals surface area contributed by atoms with Crippen LogP contribution in [-0.4, -0.2) is 13.7 Å². The minimum atomic E-state index is 0.687. The Labute approximate surface area is 91.5 Å². The van der Waals surface area contributed by atoms with Gasteiger partial charge < -0.3 is 9.47 Å². The van der Waals surface area contributed by atoms with Crippen LogP contribution in [0.15, 0.2) is 29.8 Å². The average Bonchev–Trinajstić information content (AvgIpc) is 2.26. The maximum absolute atomic E-state index is 5.60. The highest BCUT2D eigenvalue weighted by Crippen LogP contribution is 2.22. The van der Waals surface area contributed by atoms with E-state index in [0.29, 0.717) is 6.61 Å². The summed E-state index contributed by atoms with van der Waals surface area (Å²) >= 11 is 0. The second-order valence-corrected chi connectivity index (χ2v) is 3.49. The maximum atomic E-state index is 5.60. The molecule has 2 nitrogen and oxygen atoms in total. The predicted octanol–water partition coefficient (Wildman–Crippen LogP) is 3.48. The Bertz CT molecular complexity index is 332. The van der Waals surface area contributed by atoms with Gasteiger partial charge in [-0.3, -0.25) is 0 Å². The molecule has 0 saturated heterocycles. The highest BCUT2D eigenvalue weighted by atomic mass is 16.5. The Morgan fingerprint density at radius 2 is 1.73 bits per heavy atom. The number of ether oxygens (including phenoxy) is 2. The lowest BCUT2D eigenvalue weighted by Crippen LogP contribution is -1.94. The molecule has 1 rings (SSSR count). The summed E-state index contributed by atoms with van der Waals surface area (Å²) < 4.78 is 10.7. The molecular formula is C13H18O2. The van der Waals surface area contributed by atoms with Gasteiger partial charge in [-0.2, -0.15) is 0 Å². The topological polar surface area (TPSA) is 18.5 Å². The van der Waals surface area contributed by atoms with Gasteiger partial charge in [0.05, 0.1) is 13.7 Å². The van der Waals surface area contributed by atoms with E-state index in [1.54, 1.807) is 7.11 Å². The molecular weight excluding hydrogens is 188 g/mol. The fourth-order valence-corrected chi connectivity index (χ4v) is 1.40. The van der Waals surface area contributed by atoms with E-state index in [1.165, 1.54) is 5.57 Å². The van der Waals surface area contributed by atoms with Crippen molar-refractivity contribution >= 4 is 5.76 Å². The molecule has 0 atom stereocenters. The van der Waals surface area contributed by atoms with E-state index < -0.39 is 0 Å².